The maximum atomic E-state index is 14.6. The maximum absolute atomic E-state index is 14.6. The number of nitrogens with one attached hydrogen (secondary N) is 1. The Balaban J connectivity index is 1.22. The summed E-state index contributed by atoms with van der Waals surface area (Å²) >= 11 is 0. The molecule has 0 bridgehead atoms. The lowest BCUT2D eigenvalue weighted by Crippen LogP contribution is -2.54. The molecule has 7 rings (SSSR count). The fourth-order valence-corrected chi connectivity index (χ4v) is 7.00. The third kappa shape index (κ3) is 2.86. The summed E-state index contributed by atoms with van der Waals surface area (Å²) in [6, 6.07) is 9.00. The lowest BCUT2D eigenvalue weighted by molar-refractivity contribution is -0.187. The van der Waals surface area contributed by atoms with Crippen LogP contribution in [0, 0.1) is 22.2 Å². The summed E-state index contributed by atoms with van der Waals surface area (Å²) in [5.41, 5.74) is -1.28. The molecule has 1 N–H and O–H groups in total. The molecular formula is C26H25F3N6O. The van der Waals surface area contributed by atoms with E-state index in [0.29, 0.717) is 33.5 Å². The molecule has 1 spiro atoms. The number of rotatable bonds is 3. The first kappa shape index (κ1) is 22.0. The summed E-state index contributed by atoms with van der Waals surface area (Å²) in [7, 11) is 0. The van der Waals surface area contributed by atoms with Crippen LogP contribution in [0.15, 0.2) is 34.9 Å². The van der Waals surface area contributed by atoms with Crippen molar-refractivity contribution >= 4 is 16.6 Å². The number of hydrogen-bond acceptors (Lipinski definition) is 7. The smallest absolute Gasteiger partial charge is 0.397 e. The Morgan fingerprint density at radius 1 is 1.11 bits per heavy atom. The highest BCUT2D eigenvalue weighted by Gasteiger charge is 2.86. The van der Waals surface area contributed by atoms with Crippen LogP contribution in [0.25, 0.3) is 10.9 Å². The lowest BCUT2D eigenvalue weighted by atomic mass is 9.67. The molecule has 186 valence electrons. The molecule has 0 amide bonds. The molecule has 3 aromatic rings. The molecule has 0 unspecified atom stereocenters. The molecule has 2 saturated heterocycles. The molecule has 10 heteroatoms. The molecule has 4 heterocycles. The summed E-state index contributed by atoms with van der Waals surface area (Å²) in [5, 5.41) is 22.0. The van der Waals surface area contributed by atoms with Gasteiger partial charge in [-0.15, -0.1) is 10.2 Å². The summed E-state index contributed by atoms with van der Waals surface area (Å²) in [6.45, 7) is 2.02. The third-order valence-electron chi connectivity index (χ3n) is 9.31. The minimum Gasteiger partial charge on any atom is -0.424 e. The van der Waals surface area contributed by atoms with Gasteiger partial charge < -0.3 is 14.6 Å². The van der Waals surface area contributed by atoms with Crippen LogP contribution in [-0.2, 0) is 5.41 Å². The number of nitriles is 1. The maximum Gasteiger partial charge on any atom is 0.397 e. The van der Waals surface area contributed by atoms with E-state index in [1.165, 1.54) is 0 Å². The zero-order valence-corrected chi connectivity index (χ0v) is 19.6. The SMILES string of the molecule is N#Cc1ccc(N2C[C@]3(c4nnc(C5CCC6(CC5)CNC6)o4)C[C@]3(C(F)(F)F)C2)c2cccnc12. The van der Waals surface area contributed by atoms with E-state index < -0.39 is 17.0 Å². The average Bonchev–Trinajstić information content (AvgIpc) is 3.17. The van der Waals surface area contributed by atoms with Crippen LogP contribution in [-0.4, -0.2) is 47.5 Å². The molecule has 1 aromatic carbocycles. The molecule has 2 aromatic heterocycles. The number of nitrogens with zero attached hydrogens (tertiary/aromatic N) is 5. The minimum atomic E-state index is -4.41. The van der Waals surface area contributed by atoms with E-state index in [4.69, 9.17) is 4.42 Å². The van der Waals surface area contributed by atoms with E-state index in [1.54, 1.807) is 35.4 Å². The molecule has 2 aliphatic carbocycles. The van der Waals surface area contributed by atoms with E-state index in [1.807, 2.05) is 0 Å². The standard InChI is InChI=1S/C26H25F3N6O/c27-26(28,29)25-11-24(25,22-34-33-21(36-22)16-5-7-23(8-6-16)12-31-13-23)14-35(15-25)19-4-3-17(10-30)20-18(19)2-1-9-32-20/h1-4,9,16,31H,5-8,11-15H2/t24-,25-/m0/s1. The third-order valence-corrected chi connectivity index (χ3v) is 9.31. The monoisotopic (exact) mass is 494 g/mol. The Kier molecular flexibility index (Phi) is 4.40. The number of piperidine rings is 1. The first-order valence-electron chi connectivity index (χ1n) is 12.4. The van der Waals surface area contributed by atoms with Crippen LogP contribution in [0.4, 0.5) is 18.9 Å². The number of benzene rings is 1. The van der Waals surface area contributed by atoms with Gasteiger partial charge in [-0.05, 0) is 61.8 Å². The zero-order valence-electron chi connectivity index (χ0n) is 19.6. The van der Waals surface area contributed by atoms with Crippen molar-refractivity contribution in [2.75, 3.05) is 31.1 Å². The molecule has 2 atom stereocenters. The second-order valence-electron chi connectivity index (χ2n) is 11.2. The van der Waals surface area contributed by atoms with Crippen LogP contribution < -0.4 is 10.2 Å². The van der Waals surface area contributed by atoms with E-state index in [-0.39, 0.29) is 31.3 Å². The highest BCUT2D eigenvalue weighted by atomic mass is 19.4. The van der Waals surface area contributed by atoms with Crippen molar-refractivity contribution in [1.29, 1.82) is 5.26 Å². The fourth-order valence-electron chi connectivity index (χ4n) is 7.00. The summed E-state index contributed by atoms with van der Waals surface area (Å²) in [6.07, 6.45) is 1.13. The van der Waals surface area contributed by atoms with E-state index in [2.05, 4.69) is 26.6 Å². The lowest BCUT2D eigenvalue weighted by Gasteiger charge is -2.46. The van der Waals surface area contributed by atoms with E-state index in [9.17, 15) is 18.4 Å². The van der Waals surface area contributed by atoms with Gasteiger partial charge in [-0.2, -0.15) is 18.4 Å². The first-order valence-corrected chi connectivity index (χ1v) is 12.4. The van der Waals surface area contributed by atoms with Gasteiger partial charge in [0.1, 0.15) is 11.5 Å². The quantitative estimate of drug-likeness (QED) is 0.575. The van der Waals surface area contributed by atoms with Gasteiger partial charge in [0.2, 0.25) is 11.8 Å². The summed E-state index contributed by atoms with van der Waals surface area (Å²) < 4.78 is 49.7. The van der Waals surface area contributed by atoms with Crippen molar-refractivity contribution in [2.24, 2.45) is 10.8 Å². The Morgan fingerprint density at radius 2 is 1.92 bits per heavy atom. The molecule has 2 aliphatic heterocycles. The van der Waals surface area contributed by atoms with Crippen molar-refractivity contribution in [3.05, 3.63) is 47.8 Å². The Morgan fingerprint density at radius 3 is 2.61 bits per heavy atom. The molecule has 36 heavy (non-hydrogen) atoms. The Hall–Kier alpha value is -3.19. The average molecular weight is 495 g/mol. The van der Waals surface area contributed by atoms with Crippen molar-refractivity contribution in [3.8, 4) is 6.07 Å². The number of fused-ring (bicyclic) bond motifs is 2. The minimum absolute atomic E-state index is 0.0481. The number of pyridine rings is 1. The molecule has 4 fully saturated rings. The molecule has 2 saturated carbocycles. The predicted molar refractivity (Wildman–Crippen MR) is 124 cm³/mol. The number of anilines is 1. The highest BCUT2D eigenvalue weighted by molar-refractivity contribution is 5.95. The Bertz CT molecular complexity index is 1400. The van der Waals surface area contributed by atoms with Crippen molar-refractivity contribution in [1.82, 2.24) is 20.5 Å². The van der Waals surface area contributed by atoms with Crippen LogP contribution >= 0.6 is 0 Å². The zero-order chi connectivity index (χ0) is 24.8. The van der Waals surface area contributed by atoms with E-state index >= 15 is 0 Å². The Labute approximate surface area is 205 Å². The number of aromatic nitrogens is 3. The highest BCUT2D eigenvalue weighted by Crippen LogP contribution is 2.75. The van der Waals surface area contributed by atoms with Gasteiger partial charge in [-0.3, -0.25) is 4.98 Å². The van der Waals surface area contributed by atoms with Gasteiger partial charge in [0.15, 0.2) is 0 Å². The van der Waals surface area contributed by atoms with Gasteiger partial charge >= 0.3 is 6.18 Å². The van der Waals surface area contributed by atoms with Crippen molar-refractivity contribution < 1.29 is 17.6 Å². The van der Waals surface area contributed by atoms with E-state index in [0.717, 1.165) is 38.8 Å². The number of hydrogen-bond donors (Lipinski definition) is 1. The van der Waals surface area contributed by atoms with Crippen LogP contribution in [0.2, 0.25) is 0 Å². The second-order valence-corrected chi connectivity index (χ2v) is 11.2. The van der Waals surface area contributed by atoms with Crippen molar-refractivity contribution in [3.63, 3.8) is 0 Å². The molecule has 4 aliphatic rings. The van der Waals surface area contributed by atoms with Crippen molar-refractivity contribution in [2.45, 2.75) is 49.6 Å². The largest absolute Gasteiger partial charge is 0.424 e. The normalized spacial score (nSPS) is 29.2. The fraction of sp³-hybridized carbons (Fsp3) is 0.538. The predicted octanol–water partition coefficient (Wildman–Crippen LogP) is 4.45. The topological polar surface area (TPSA) is 90.9 Å². The van der Waals surface area contributed by atoms with Crippen LogP contribution in [0.1, 0.15) is 55.4 Å². The summed E-state index contributed by atoms with van der Waals surface area (Å²) in [4.78, 5) is 6.07. The molecule has 7 nitrogen and oxygen atoms in total. The number of alkyl halides is 3. The van der Waals surface area contributed by atoms with Gasteiger partial charge in [-0.1, -0.05) is 0 Å². The summed E-state index contributed by atoms with van der Waals surface area (Å²) in [5.74, 6) is 0.703. The molecule has 0 radical (unpaired) electrons. The second kappa shape index (κ2) is 7.19. The number of halogens is 3. The van der Waals surface area contributed by atoms with Gasteiger partial charge in [0, 0.05) is 49.4 Å². The first-order chi connectivity index (χ1) is 17.3. The van der Waals surface area contributed by atoms with Gasteiger partial charge in [0.05, 0.1) is 16.5 Å². The van der Waals surface area contributed by atoms with Gasteiger partial charge in [0.25, 0.3) is 0 Å². The van der Waals surface area contributed by atoms with Gasteiger partial charge in [-0.25, -0.2) is 0 Å². The van der Waals surface area contributed by atoms with Crippen LogP contribution in [0.5, 0.6) is 0 Å². The molecular weight excluding hydrogens is 469 g/mol. The van der Waals surface area contributed by atoms with Crippen LogP contribution in [0.3, 0.4) is 0 Å².